The third-order valence-corrected chi connectivity index (χ3v) is 4.88. The smallest absolute Gasteiger partial charge is 0.0184 e. The van der Waals surface area contributed by atoms with Gasteiger partial charge in [-0.25, -0.2) is 0 Å². The molecule has 0 radical (unpaired) electrons. The highest BCUT2D eigenvalue weighted by Gasteiger charge is 2.44. The molecular weight excluding hydrogens is 208 g/mol. The van der Waals surface area contributed by atoms with Crippen LogP contribution in [-0.4, -0.2) is 35.6 Å². The van der Waals surface area contributed by atoms with E-state index in [1.807, 2.05) is 0 Å². The predicted octanol–water partition coefficient (Wildman–Crippen LogP) is 3.03. The van der Waals surface area contributed by atoms with E-state index in [-0.39, 0.29) is 0 Å². The molecule has 2 aliphatic rings. The zero-order valence-corrected chi connectivity index (χ0v) is 12.1. The molecule has 2 nitrogen and oxygen atoms in total. The van der Waals surface area contributed by atoms with Crippen molar-refractivity contribution in [3.63, 3.8) is 0 Å². The molecule has 0 amide bonds. The number of nitrogens with one attached hydrogen (secondary N) is 1. The first kappa shape index (κ1) is 13.4. The molecule has 2 unspecified atom stereocenters. The Balaban J connectivity index is 1.87. The van der Waals surface area contributed by atoms with Crippen molar-refractivity contribution >= 4 is 0 Å². The first-order valence-corrected chi connectivity index (χ1v) is 7.55. The molecule has 0 bridgehead atoms. The maximum Gasteiger partial charge on any atom is 0.0184 e. The van der Waals surface area contributed by atoms with Gasteiger partial charge in [0, 0.05) is 24.2 Å². The minimum Gasteiger partial charge on any atom is -0.314 e. The monoisotopic (exact) mass is 238 g/mol. The number of hydrogen-bond donors (Lipinski definition) is 1. The van der Waals surface area contributed by atoms with Gasteiger partial charge in [-0.05, 0) is 65.3 Å². The van der Waals surface area contributed by atoms with Crippen molar-refractivity contribution in [3.8, 4) is 0 Å². The molecule has 2 atom stereocenters. The molecule has 2 rings (SSSR count). The zero-order chi connectivity index (χ0) is 12.5. The Morgan fingerprint density at radius 3 is 2.47 bits per heavy atom. The molecule has 0 aromatic rings. The van der Waals surface area contributed by atoms with Gasteiger partial charge < -0.3 is 5.32 Å². The van der Waals surface area contributed by atoms with Gasteiger partial charge in [0.15, 0.2) is 0 Å². The van der Waals surface area contributed by atoms with Crippen LogP contribution in [0.1, 0.15) is 59.8 Å². The van der Waals surface area contributed by atoms with Crippen LogP contribution in [-0.2, 0) is 0 Å². The van der Waals surface area contributed by atoms with Crippen LogP contribution in [0, 0.1) is 5.92 Å². The first-order chi connectivity index (χ1) is 8.05. The van der Waals surface area contributed by atoms with Crippen LogP contribution in [0.3, 0.4) is 0 Å². The Morgan fingerprint density at radius 1 is 1.24 bits per heavy atom. The summed E-state index contributed by atoms with van der Waals surface area (Å²) in [4.78, 5) is 2.77. The van der Waals surface area contributed by atoms with Crippen LogP contribution in [0.4, 0.5) is 0 Å². The minimum atomic E-state index is 0.440. The van der Waals surface area contributed by atoms with E-state index in [0.29, 0.717) is 5.54 Å². The lowest BCUT2D eigenvalue weighted by Crippen LogP contribution is -2.56. The average Bonchev–Trinajstić information content (AvgIpc) is 3.10. The maximum absolute atomic E-state index is 3.69. The fourth-order valence-electron chi connectivity index (χ4n) is 3.59. The highest BCUT2D eigenvalue weighted by atomic mass is 15.2. The van der Waals surface area contributed by atoms with E-state index in [0.717, 1.165) is 18.0 Å². The lowest BCUT2D eigenvalue weighted by Gasteiger charge is -2.48. The van der Waals surface area contributed by atoms with Crippen molar-refractivity contribution in [3.05, 3.63) is 0 Å². The normalized spacial score (nSPS) is 31.8. The Labute approximate surface area is 107 Å². The summed E-state index contributed by atoms with van der Waals surface area (Å²) in [6.45, 7) is 12.1. The van der Waals surface area contributed by atoms with Crippen molar-refractivity contribution in [1.29, 1.82) is 0 Å². The molecule has 0 spiro atoms. The van der Waals surface area contributed by atoms with Gasteiger partial charge in [0.25, 0.3) is 0 Å². The Bertz CT molecular complexity index is 245. The second-order valence-electron chi connectivity index (χ2n) is 6.65. The van der Waals surface area contributed by atoms with Gasteiger partial charge in [0.05, 0.1) is 0 Å². The summed E-state index contributed by atoms with van der Waals surface area (Å²) in [5.41, 5.74) is 0.440. The van der Waals surface area contributed by atoms with Crippen molar-refractivity contribution in [1.82, 2.24) is 10.2 Å². The molecule has 2 heteroatoms. The second kappa shape index (κ2) is 5.27. The molecule has 1 aliphatic heterocycles. The van der Waals surface area contributed by atoms with E-state index in [1.165, 1.54) is 45.2 Å². The summed E-state index contributed by atoms with van der Waals surface area (Å²) in [5.74, 6) is 0.963. The molecule has 100 valence electrons. The molecule has 1 N–H and O–H groups in total. The Hall–Kier alpha value is -0.0800. The standard InChI is InChI=1S/C15H30N2/c1-5-9-16-14-8-10-17(12(2)11-14)15(3,4)13-6-7-13/h12-14,16H,5-11H2,1-4H3. The highest BCUT2D eigenvalue weighted by molar-refractivity contribution is 5.00. The van der Waals surface area contributed by atoms with Crippen LogP contribution < -0.4 is 5.32 Å². The molecule has 1 saturated carbocycles. The van der Waals surface area contributed by atoms with Gasteiger partial charge >= 0.3 is 0 Å². The lowest BCUT2D eigenvalue weighted by molar-refractivity contribution is 0.0229. The van der Waals surface area contributed by atoms with E-state index < -0.39 is 0 Å². The highest BCUT2D eigenvalue weighted by Crippen LogP contribution is 2.44. The molecule has 1 heterocycles. The van der Waals surface area contributed by atoms with E-state index in [2.05, 4.69) is 37.9 Å². The molecule has 1 saturated heterocycles. The molecule has 1 aliphatic carbocycles. The third kappa shape index (κ3) is 3.03. The van der Waals surface area contributed by atoms with E-state index >= 15 is 0 Å². The Morgan fingerprint density at radius 2 is 1.94 bits per heavy atom. The van der Waals surface area contributed by atoms with E-state index in [1.54, 1.807) is 0 Å². The number of hydrogen-bond acceptors (Lipinski definition) is 2. The van der Waals surface area contributed by atoms with E-state index in [9.17, 15) is 0 Å². The lowest BCUT2D eigenvalue weighted by atomic mass is 9.88. The topological polar surface area (TPSA) is 15.3 Å². The Kier molecular flexibility index (Phi) is 4.14. The van der Waals surface area contributed by atoms with Gasteiger partial charge in [0.1, 0.15) is 0 Å². The maximum atomic E-state index is 3.69. The molecule has 0 aromatic carbocycles. The number of nitrogens with zero attached hydrogens (tertiary/aromatic N) is 1. The van der Waals surface area contributed by atoms with Crippen LogP contribution in [0.5, 0.6) is 0 Å². The molecule has 17 heavy (non-hydrogen) atoms. The fourth-order valence-corrected chi connectivity index (χ4v) is 3.59. The summed E-state index contributed by atoms with van der Waals surface area (Å²) in [5, 5.41) is 3.69. The summed E-state index contributed by atoms with van der Waals surface area (Å²) in [6.07, 6.45) is 6.82. The third-order valence-electron chi connectivity index (χ3n) is 4.88. The second-order valence-corrected chi connectivity index (χ2v) is 6.65. The SMILES string of the molecule is CCCNC1CCN(C(C)(C)C2CC2)C(C)C1. The average molecular weight is 238 g/mol. The van der Waals surface area contributed by atoms with Gasteiger partial charge in [0.2, 0.25) is 0 Å². The predicted molar refractivity (Wildman–Crippen MR) is 74.3 cm³/mol. The number of piperidine rings is 1. The van der Waals surface area contributed by atoms with Crippen LogP contribution in [0.15, 0.2) is 0 Å². The van der Waals surface area contributed by atoms with Gasteiger partial charge in [-0.1, -0.05) is 6.92 Å². The fraction of sp³-hybridized carbons (Fsp3) is 1.00. The van der Waals surface area contributed by atoms with Gasteiger partial charge in [-0.2, -0.15) is 0 Å². The van der Waals surface area contributed by atoms with E-state index in [4.69, 9.17) is 0 Å². The first-order valence-electron chi connectivity index (χ1n) is 7.55. The van der Waals surface area contributed by atoms with Crippen molar-refractivity contribution in [2.45, 2.75) is 77.4 Å². The van der Waals surface area contributed by atoms with Crippen LogP contribution in [0.2, 0.25) is 0 Å². The van der Waals surface area contributed by atoms with Gasteiger partial charge in [-0.3, -0.25) is 4.90 Å². The molecule has 2 fully saturated rings. The van der Waals surface area contributed by atoms with Gasteiger partial charge in [-0.15, -0.1) is 0 Å². The largest absolute Gasteiger partial charge is 0.314 e. The summed E-state index contributed by atoms with van der Waals surface area (Å²) in [7, 11) is 0. The molecular formula is C15H30N2. The van der Waals surface area contributed by atoms with Crippen molar-refractivity contribution in [2.24, 2.45) is 5.92 Å². The summed E-state index contributed by atoms with van der Waals surface area (Å²) >= 11 is 0. The van der Waals surface area contributed by atoms with Crippen LogP contribution in [0.25, 0.3) is 0 Å². The zero-order valence-electron chi connectivity index (χ0n) is 12.1. The summed E-state index contributed by atoms with van der Waals surface area (Å²) in [6, 6.07) is 1.50. The number of rotatable bonds is 5. The van der Waals surface area contributed by atoms with Crippen molar-refractivity contribution < 1.29 is 0 Å². The minimum absolute atomic E-state index is 0.440. The van der Waals surface area contributed by atoms with Crippen LogP contribution >= 0.6 is 0 Å². The van der Waals surface area contributed by atoms with Crippen molar-refractivity contribution in [2.75, 3.05) is 13.1 Å². The molecule has 0 aromatic heterocycles. The number of likely N-dealkylation sites (tertiary alicyclic amines) is 1. The quantitative estimate of drug-likeness (QED) is 0.792. The summed E-state index contributed by atoms with van der Waals surface area (Å²) < 4.78 is 0.